The Balaban J connectivity index is 1.83. The molecule has 108 valence electrons. The van der Waals surface area contributed by atoms with Gasteiger partial charge >= 0.3 is 0 Å². The van der Waals surface area contributed by atoms with Crippen LogP contribution in [0.25, 0.3) is 0 Å². The van der Waals surface area contributed by atoms with E-state index in [1.165, 1.54) is 5.57 Å². The number of nitrogens with one attached hydrogen (secondary N) is 1. The molecule has 1 aliphatic rings. The smallest absolute Gasteiger partial charge is 0.224 e. The van der Waals surface area contributed by atoms with Gasteiger partial charge in [0.2, 0.25) is 5.91 Å². The van der Waals surface area contributed by atoms with Gasteiger partial charge in [-0.15, -0.1) is 0 Å². The van der Waals surface area contributed by atoms with Gasteiger partial charge in [0.15, 0.2) is 0 Å². The molecule has 1 aromatic heterocycles. The standard InChI is InChI=1S/C17H24N2O/c1-12(2)11-14-15(17(14,3)4)16(20)19-10-8-13-7-5-6-9-18-13/h5-7,9,11,14-15H,8,10H2,1-4H3,(H,19,20)/t14-,15-/m0/s1. The van der Waals surface area contributed by atoms with E-state index in [9.17, 15) is 4.79 Å². The molecule has 2 rings (SSSR count). The molecule has 0 spiro atoms. The lowest BCUT2D eigenvalue weighted by Crippen LogP contribution is -2.29. The van der Waals surface area contributed by atoms with Gasteiger partial charge in [0.25, 0.3) is 0 Å². The summed E-state index contributed by atoms with van der Waals surface area (Å²) in [5, 5.41) is 3.04. The van der Waals surface area contributed by atoms with E-state index in [4.69, 9.17) is 0 Å². The first-order valence-electron chi connectivity index (χ1n) is 7.25. The number of carbonyl (C=O) groups excluding carboxylic acids is 1. The van der Waals surface area contributed by atoms with Crippen LogP contribution in [0.1, 0.15) is 33.4 Å². The molecule has 1 saturated carbocycles. The number of hydrogen-bond donors (Lipinski definition) is 1. The quantitative estimate of drug-likeness (QED) is 0.837. The van der Waals surface area contributed by atoms with Crippen molar-refractivity contribution in [1.29, 1.82) is 0 Å². The number of rotatable bonds is 5. The third-order valence-corrected chi connectivity index (χ3v) is 4.11. The van der Waals surface area contributed by atoms with E-state index in [0.717, 1.165) is 12.1 Å². The second-order valence-corrected chi connectivity index (χ2v) is 6.43. The van der Waals surface area contributed by atoms with Gasteiger partial charge in [-0.3, -0.25) is 9.78 Å². The average molecular weight is 272 g/mol. The molecule has 1 fully saturated rings. The van der Waals surface area contributed by atoms with Gasteiger partial charge in [-0.1, -0.05) is 31.6 Å². The van der Waals surface area contributed by atoms with Crippen LogP contribution in [0.15, 0.2) is 36.0 Å². The zero-order chi connectivity index (χ0) is 14.8. The third kappa shape index (κ3) is 3.27. The Bertz CT molecular complexity index is 501. The fourth-order valence-electron chi connectivity index (χ4n) is 2.82. The number of carbonyl (C=O) groups is 1. The summed E-state index contributed by atoms with van der Waals surface area (Å²) >= 11 is 0. The molecule has 0 radical (unpaired) electrons. The minimum absolute atomic E-state index is 0.0896. The second-order valence-electron chi connectivity index (χ2n) is 6.43. The van der Waals surface area contributed by atoms with Crippen molar-refractivity contribution in [1.82, 2.24) is 10.3 Å². The molecule has 0 unspecified atom stereocenters. The maximum absolute atomic E-state index is 12.2. The van der Waals surface area contributed by atoms with Crippen molar-refractivity contribution in [3.63, 3.8) is 0 Å². The number of aromatic nitrogens is 1. The molecule has 2 atom stereocenters. The molecular weight excluding hydrogens is 248 g/mol. The highest BCUT2D eigenvalue weighted by molar-refractivity contribution is 5.83. The van der Waals surface area contributed by atoms with E-state index in [1.807, 2.05) is 18.2 Å². The van der Waals surface area contributed by atoms with Gasteiger partial charge < -0.3 is 5.32 Å². The molecule has 0 aliphatic heterocycles. The summed E-state index contributed by atoms with van der Waals surface area (Å²) in [6.07, 6.45) is 4.79. The maximum atomic E-state index is 12.2. The number of hydrogen-bond acceptors (Lipinski definition) is 2. The molecule has 20 heavy (non-hydrogen) atoms. The van der Waals surface area contributed by atoms with E-state index in [1.54, 1.807) is 6.20 Å². The molecule has 0 saturated heterocycles. The topological polar surface area (TPSA) is 42.0 Å². The van der Waals surface area contributed by atoms with Crippen molar-refractivity contribution in [2.24, 2.45) is 17.3 Å². The highest BCUT2D eigenvalue weighted by Gasteiger charge is 2.60. The van der Waals surface area contributed by atoms with E-state index in [0.29, 0.717) is 12.5 Å². The Morgan fingerprint density at radius 1 is 1.40 bits per heavy atom. The van der Waals surface area contributed by atoms with Crippen LogP contribution >= 0.6 is 0 Å². The summed E-state index contributed by atoms with van der Waals surface area (Å²) in [5.74, 6) is 0.664. The summed E-state index contributed by atoms with van der Waals surface area (Å²) in [6, 6.07) is 5.86. The first-order chi connectivity index (χ1) is 9.43. The minimum atomic E-state index is 0.0896. The van der Waals surface area contributed by atoms with Crippen LogP contribution in [-0.2, 0) is 11.2 Å². The van der Waals surface area contributed by atoms with E-state index in [2.05, 4.69) is 44.1 Å². The molecule has 3 nitrogen and oxygen atoms in total. The fourth-order valence-corrected chi connectivity index (χ4v) is 2.82. The minimum Gasteiger partial charge on any atom is -0.355 e. The van der Waals surface area contributed by atoms with E-state index in [-0.39, 0.29) is 17.2 Å². The Hall–Kier alpha value is -1.64. The Morgan fingerprint density at radius 3 is 2.75 bits per heavy atom. The monoisotopic (exact) mass is 272 g/mol. The van der Waals surface area contributed by atoms with Crippen molar-refractivity contribution in [2.75, 3.05) is 6.54 Å². The van der Waals surface area contributed by atoms with Gasteiger partial charge in [0.1, 0.15) is 0 Å². The number of nitrogens with zero attached hydrogens (tertiary/aromatic N) is 1. The molecular formula is C17H24N2O. The average Bonchev–Trinajstić information content (AvgIpc) is 2.91. The van der Waals surface area contributed by atoms with Crippen LogP contribution in [-0.4, -0.2) is 17.4 Å². The van der Waals surface area contributed by atoms with Crippen LogP contribution in [0.3, 0.4) is 0 Å². The van der Waals surface area contributed by atoms with Crippen molar-refractivity contribution in [3.05, 3.63) is 41.7 Å². The first-order valence-corrected chi connectivity index (χ1v) is 7.25. The van der Waals surface area contributed by atoms with Crippen LogP contribution in [0.5, 0.6) is 0 Å². The Labute approximate surface area is 121 Å². The predicted octanol–water partition coefficient (Wildman–Crippen LogP) is 2.98. The molecule has 3 heteroatoms. The van der Waals surface area contributed by atoms with Gasteiger partial charge in [-0.2, -0.15) is 0 Å². The van der Waals surface area contributed by atoms with Gasteiger partial charge in [0.05, 0.1) is 5.92 Å². The third-order valence-electron chi connectivity index (χ3n) is 4.11. The fraction of sp³-hybridized carbons (Fsp3) is 0.529. The Kier molecular flexibility index (Phi) is 4.26. The second kappa shape index (κ2) is 5.78. The van der Waals surface area contributed by atoms with E-state index < -0.39 is 0 Å². The van der Waals surface area contributed by atoms with Crippen molar-refractivity contribution in [3.8, 4) is 0 Å². The van der Waals surface area contributed by atoms with Gasteiger partial charge in [0, 0.05) is 24.9 Å². The summed E-state index contributed by atoms with van der Waals surface area (Å²) in [5.41, 5.74) is 2.39. The SMILES string of the molecule is CC(C)=C[C@H]1[C@@H](C(=O)NCCc2ccccn2)C1(C)C. The van der Waals surface area contributed by atoms with Crippen molar-refractivity contribution < 1.29 is 4.79 Å². The lowest BCUT2D eigenvalue weighted by molar-refractivity contribution is -0.123. The van der Waals surface area contributed by atoms with Crippen LogP contribution in [0, 0.1) is 17.3 Å². The zero-order valence-corrected chi connectivity index (χ0v) is 12.8. The summed E-state index contributed by atoms with van der Waals surface area (Å²) in [6.45, 7) is 9.17. The van der Waals surface area contributed by atoms with E-state index >= 15 is 0 Å². The van der Waals surface area contributed by atoms with Crippen molar-refractivity contribution >= 4 is 5.91 Å². The van der Waals surface area contributed by atoms with Crippen molar-refractivity contribution in [2.45, 2.75) is 34.1 Å². The normalized spacial score (nSPS) is 23.0. The van der Waals surface area contributed by atoms with Crippen LogP contribution < -0.4 is 5.32 Å². The molecule has 1 aromatic rings. The lowest BCUT2D eigenvalue weighted by Gasteiger charge is -2.05. The highest BCUT2D eigenvalue weighted by Crippen LogP contribution is 2.59. The number of pyridine rings is 1. The molecule has 0 aromatic carbocycles. The first kappa shape index (κ1) is 14.8. The largest absolute Gasteiger partial charge is 0.355 e. The molecule has 1 heterocycles. The summed E-state index contributed by atoms with van der Waals surface area (Å²) < 4.78 is 0. The Morgan fingerprint density at radius 2 is 2.15 bits per heavy atom. The predicted molar refractivity (Wildman–Crippen MR) is 81.1 cm³/mol. The van der Waals surface area contributed by atoms with Gasteiger partial charge in [-0.05, 0) is 37.3 Å². The molecule has 0 bridgehead atoms. The zero-order valence-electron chi connectivity index (χ0n) is 12.8. The highest BCUT2D eigenvalue weighted by atomic mass is 16.2. The number of amides is 1. The summed E-state index contributed by atoms with van der Waals surface area (Å²) in [4.78, 5) is 16.5. The summed E-state index contributed by atoms with van der Waals surface area (Å²) in [7, 11) is 0. The molecule has 1 aliphatic carbocycles. The van der Waals surface area contributed by atoms with Crippen LogP contribution in [0.2, 0.25) is 0 Å². The van der Waals surface area contributed by atoms with Gasteiger partial charge in [-0.25, -0.2) is 0 Å². The number of allylic oxidation sites excluding steroid dienone is 2. The molecule has 1 amide bonds. The van der Waals surface area contributed by atoms with Crippen LogP contribution in [0.4, 0.5) is 0 Å². The maximum Gasteiger partial charge on any atom is 0.224 e. The lowest BCUT2D eigenvalue weighted by atomic mass is 10.1. The molecule has 1 N–H and O–H groups in total.